The average molecular weight is 458 g/mol. The van der Waals surface area contributed by atoms with E-state index in [9.17, 15) is 4.79 Å². The van der Waals surface area contributed by atoms with E-state index in [0.717, 1.165) is 30.3 Å². The Morgan fingerprint density at radius 2 is 1.58 bits per heavy atom. The van der Waals surface area contributed by atoms with Crippen LogP contribution in [0.1, 0.15) is 25.7 Å². The van der Waals surface area contributed by atoms with Gasteiger partial charge >= 0.3 is 0 Å². The number of primary amides is 1. The van der Waals surface area contributed by atoms with Crippen molar-refractivity contribution in [3.8, 4) is 0 Å². The molecule has 0 saturated heterocycles. The molecule has 0 aliphatic carbocycles. The van der Waals surface area contributed by atoms with Crippen molar-refractivity contribution < 1.29 is 4.79 Å². The van der Waals surface area contributed by atoms with Gasteiger partial charge in [0.15, 0.2) is 0 Å². The first kappa shape index (κ1) is 21.1. The average Bonchev–Trinajstić information content (AvgIpc) is 3.36. The Kier molecular flexibility index (Phi) is 6.66. The predicted molar refractivity (Wildman–Crippen MR) is 112 cm³/mol. The highest BCUT2D eigenvalue weighted by Crippen LogP contribution is 2.35. The zero-order valence-electron chi connectivity index (χ0n) is 16.6. The standard InChI is InChI=1S/C17H19N11OS2/c1-27-16(21-23-25-27)30-14-15(20-12-8-5-4-7-11(12)19-14)31-17-22-24-26-28(17)10-6-2-3-9-13(18)29/h4-5,7-8H,2-3,6,9-10H2,1H3,(H2,18,29). The van der Waals surface area contributed by atoms with E-state index in [1.807, 2.05) is 24.3 Å². The number of nitrogens with zero attached hydrogens (tertiary/aromatic N) is 10. The molecule has 3 heterocycles. The van der Waals surface area contributed by atoms with E-state index in [2.05, 4.69) is 31.1 Å². The van der Waals surface area contributed by atoms with Crippen molar-refractivity contribution in [3.05, 3.63) is 24.3 Å². The lowest BCUT2D eigenvalue weighted by Gasteiger charge is -2.08. The van der Waals surface area contributed by atoms with Gasteiger partial charge in [-0.15, -0.1) is 10.2 Å². The summed E-state index contributed by atoms with van der Waals surface area (Å²) in [5.74, 6) is -0.281. The molecule has 1 amide bonds. The first-order valence-electron chi connectivity index (χ1n) is 9.49. The minimum Gasteiger partial charge on any atom is -0.370 e. The molecule has 4 aromatic rings. The van der Waals surface area contributed by atoms with Crippen molar-refractivity contribution >= 4 is 40.5 Å². The van der Waals surface area contributed by atoms with Gasteiger partial charge in [-0.3, -0.25) is 4.79 Å². The molecular formula is C17H19N11OS2. The summed E-state index contributed by atoms with van der Waals surface area (Å²) >= 11 is 2.67. The summed E-state index contributed by atoms with van der Waals surface area (Å²) in [6.45, 7) is 0.630. The number of rotatable bonds is 10. The van der Waals surface area contributed by atoms with E-state index in [1.54, 1.807) is 16.4 Å². The molecule has 0 bridgehead atoms. The lowest BCUT2D eigenvalue weighted by Crippen LogP contribution is -2.10. The Morgan fingerprint density at radius 1 is 0.935 bits per heavy atom. The molecular weight excluding hydrogens is 438 g/mol. The van der Waals surface area contributed by atoms with Gasteiger partial charge in [-0.25, -0.2) is 19.3 Å². The number of hydrogen-bond acceptors (Lipinski definition) is 11. The third-order valence-corrected chi connectivity index (χ3v) is 6.35. The Hall–Kier alpha value is -3.13. The first-order chi connectivity index (χ1) is 15.1. The minimum absolute atomic E-state index is 0.281. The largest absolute Gasteiger partial charge is 0.370 e. The molecule has 160 valence electrons. The van der Waals surface area contributed by atoms with Crippen LogP contribution in [0.5, 0.6) is 0 Å². The van der Waals surface area contributed by atoms with Crippen molar-refractivity contribution in [1.29, 1.82) is 0 Å². The topological polar surface area (TPSA) is 156 Å². The second kappa shape index (κ2) is 9.78. The van der Waals surface area contributed by atoms with Crippen LogP contribution >= 0.6 is 23.5 Å². The van der Waals surface area contributed by atoms with E-state index >= 15 is 0 Å². The van der Waals surface area contributed by atoms with Crippen LogP contribution in [0.3, 0.4) is 0 Å². The number of fused-ring (bicyclic) bond motifs is 1. The van der Waals surface area contributed by atoms with Gasteiger partial charge in [-0.2, -0.15) is 0 Å². The van der Waals surface area contributed by atoms with Crippen LogP contribution < -0.4 is 5.73 Å². The Morgan fingerprint density at radius 3 is 2.23 bits per heavy atom. The van der Waals surface area contributed by atoms with Gasteiger partial charge in [0, 0.05) is 20.0 Å². The van der Waals surface area contributed by atoms with Gasteiger partial charge in [0.05, 0.1) is 11.0 Å². The predicted octanol–water partition coefficient (Wildman–Crippen LogP) is 1.49. The molecule has 12 nitrogen and oxygen atoms in total. The summed E-state index contributed by atoms with van der Waals surface area (Å²) in [7, 11) is 1.77. The second-order valence-electron chi connectivity index (χ2n) is 6.57. The van der Waals surface area contributed by atoms with Crippen molar-refractivity contribution in [2.75, 3.05) is 0 Å². The maximum absolute atomic E-state index is 10.9. The molecule has 0 fully saturated rings. The number of benzene rings is 1. The van der Waals surface area contributed by atoms with E-state index in [0.29, 0.717) is 33.3 Å². The maximum Gasteiger partial charge on any atom is 0.217 e. The number of nitrogens with two attached hydrogens (primary N) is 1. The fourth-order valence-corrected chi connectivity index (χ4v) is 4.43. The minimum atomic E-state index is -0.281. The molecule has 31 heavy (non-hydrogen) atoms. The Labute approximate surface area is 185 Å². The van der Waals surface area contributed by atoms with Gasteiger partial charge in [-0.05, 0) is 69.4 Å². The molecule has 0 aliphatic rings. The van der Waals surface area contributed by atoms with Crippen LogP contribution in [-0.4, -0.2) is 56.3 Å². The number of amides is 1. The molecule has 0 radical (unpaired) electrons. The summed E-state index contributed by atoms with van der Waals surface area (Å²) in [6.07, 6.45) is 2.84. The summed E-state index contributed by atoms with van der Waals surface area (Å²) in [4.78, 5) is 20.4. The van der Waals surface area contributed by atoms with Crippen LogP contribution in [0.2, 0.25) is 0 Å². The number of para-hydroxylation sites is 2. The van der Waals surface area contributed by atoms with Crippen molar-refractivity contribution in [2.24, 2.45) is 12.8 Å². The van der Waals surface area contributed by atoms with Crippen molar-refractivity contribution in [1.82, 2.24) is 50.4 Å². The van der Waals surface area contributed by atoms with Gasteiger partial charge in [-0.1, -0.05) is 18.6 Å². The van der Waals surface area contributed by atoms with Gasteiger partial charge in [0.1, 0.15) is 10.1 Å². The van der Waals surface area contributed by atoms with E-state index in [-0.39, 0.29) is 5.91 Å². The maximum atomic E-state index is 10.9. The molecule has 14 heteroatoms. The molecule has 0 unspecified atom stereocenters. The van der Waals surface area contributed by atoms with Crippen LogP contribution in [0, 0.1) is 0 Å². The van der Waals surface area contributed by atoms with Crippen LogP contribution in [0.4, 0.5) is 0 Å². The molecule has 2 N–H and O–H groups in total. The Balaban J connectivity index is 1.55. The molecule has 0 spiro atoms. The lowest BCUT2D eigenvalue weighted by atomic mass is 10.2. The molecule has 1 aromatic carbocycles. The number of hydrogen-bond donors (Lipinski definition) is 1. The number of aromatic nitrogens is 10. The highest BCUT2D eigenvalue weighted by Gasteiger charge is 2.18. The van der Waals surface area contributed by atoms with Gasteiger partial charge in [0.2, 0.25) is 16.2 Å². The smallest absolute Gasteiger partial charge is 0.217 e. The number of carbonyl (C=O) groups excluding carboxylic acids is 1. The van der Waals surface area contributed by atoms with Crippen LogP contribution in [-0.2, 0) is 18.4 Å². The zero-order chi connectivity index (χ0) is 21.6. The first-order valence-corrected chi connectivity index (χ1v) is 11.1. The summed E-state index contributed by atoms with van der Waals surface area (Å²) < 4.78 is 3.30. The van der Waals surface area contributed by atoms with E-state index in [1.165, 1.54) is 23.5 Å². The molecule has 0 saturated carbocycles. The highest BCUT2D eigenvalue weighted by atomic mass is 32.2. The third-order valence-electron chi connectivity index (χ3n) is 4.26. The van der Waals surface area contributed by atoms with E-state index in [4.69, 9.17) is 15.7 Å². The van der Waals surface area contributed by atoms with E-state index < -0.39 is 0 Å². The quantitative estimate of drug-likeness (QED) is 0.344. The second-order valence-corrected chi connectivity index (χ2v) is 8.49. The fraction of sp³-hybridized carbons (Fsp3) is 0.353. The van der Waals surface area contributed by atoms with Crippen LogP contribution in [0.25, 0.3) is 11.0 Å². The highest BCUT2D eigenvalue weighted by molar-refractivity contribution is 8.02. The Bertz CT molecular complexity index is 1190. The SMILES string of the molecule is Cn1nnnc1Sc1nc2ccccc2nc1Sc1nnnn1CCCCCC(N)=O. The van der Waals surface area contributed by atoms with Gasteiger partial charge in [0.25, 0.3) is 0 Å². The normalized spacial score (nSPS) is 11.3. The molecule has 3 aromatic heterocycles. The summed E-state index contributed by atoms with van der Waals surface area (Å²) in [5.41, 5.74) is 6.73. The van der Waals surface area contributed by atoms with Crippen molar-refractivity contribution in [3.63, 3.8) is 0 Å². The van der Waals surface area contributed by atoms with Crippen LogP contribution in [0.15, 0.2) is 44.6 Å². The number of unbranched alkanes of at least 4 members (excludes halogenated alkanes) is 2. The van der Waals surface area contributed by atoms with Crippen molar-refractivity contribution in [2.45, 2.75) is 52.6 Å². The fourth-order valence-electron chi connectivity index (χ4n) is 2.73. The number of aryl methyl sites for hydroxylation is 2. The monoisotopic (exact) mass is 457 g/mol. The number of carbonyl (C=O) groups is 1. The third kappa shape index (κ3) is 5.32. The van der Waals surface area contributed by atoms with Gasteiger partial charge < -0.3 is 5.73 Å². The zero-order valence-corrected chi connectivity index (χ0v) is 18.3. The molecule has 0 atom stereocenters. The summed E-state index contributed by atoms with van der Waals surface area (Å²) in [6, 6.07) is 7.65. The lowest BCUT2D eigenvalue weighted by molar-refractivity contribution is -0.118. The molecule has 0 aliphatic heterocycles. The molecule has 4 rings (SSSR count). The number of tetrazole rings is 2. The summed E-state index contributed by atoms with van der Waals surface area (Å²) in [5, 5.41) is 26.1.